The van der Waals surface area contributed by atoms with Gasteiger partial charge in [-0.15, -0.1) is 0 Å². The second-order valence-corrected chi connectivity index (χ2v) is 4.82. The average Bonchev–Trinajstić information content (AvgIpc) is 2.25. The number of hydrogen-bond acceptors (Lipinski definition) is 3. The summed E-state index contributed by atoms with van der Waals surface area (Å²) < 4.78 is 0.835. The fraction of sp³-hybridized carbons (Fsp3) is 0.417. The van der Waals surface area contributed by atoms with E-state index in [9.17, 15) is 5.11 Å². The van der Waals surface area contributed by atoms with E-state index in [0.29, 0.717) is 6.54 Å². The topological polar surface area (TPSA) is 47.3 Å². The minimum absolute atomic E-state index is 0.423. The Bertz CT molecular complexity index is 387. The van der Waals surface area contributed by atoms with Gasteiger partial charge in [0, 0.05) is 11.0 Å². The number of benzene rings is 1. The molecule has 3 nitrogen and oxygen atoms in total. The molecule has 16 heavy (non-hydrogen) atoms. The van der Waals surface area contributed by atoms with Crippen molar-refractivity contribution >= 4 is 15.9 Å². The van der Waals surface area contributed by atoms with Gasteiger partial charge in [-0.05, 0) is 25.7 Å². The second-order valence-electron chi connectivity index (χ2n) is 3.96. The molecule has 1 rings (SSSR count). The Morgan fingerprint density at radius 2 is 2.06 bits per heavy atom. The van der Waals surface area contributed by atoms with E-state index in [4.69, 9.17) is 5.26 Å². The Hall–Kier alpha value is -0.890. The van der Waals surface area contributed by atoms with Gasteiger partial charge in [0.2, 0.25) is 0 Å². The Kier molecular flexibility index (Phi) is 4.94. The maximum absolute atomic E-state index is 10.1. The summed E-state index contributed by atoms with van der Waals surface area (Å²) >= 11 is 3.38. The van der Waals surface area contributed by atoms with Crippen LogP contribution < -0.4 is 0 Å². The van der Waals surface area contributed by atoms with Gasteiger partial charge in [0.05, 0.1) is 18.1 Å². The Morgan fingerprint density at radius 1 is 1.44 bits per heavy atom. The number of aliphatic hydroxyl groups is 1. The summed E-state index contributed by atoms with van der Waals surface area (Å²) in [4.78, 5) is 1.90. The van der Waals surface area contributed by atoms with E-state index in [2.05, 4.69) is 22.0 Å². The van der Waals surface area contributed by atoms with Gasteiger partial charge in [-0.1, -0.05) is 34.1 Å². The van der Waals surface area contributed by atoms with Crippen LogP contribution in [0.5, 0.6) is 0 Å². The van der Waals surface area contributed by atoms with Crippen molar-refractivity contribution in [3.05, 3.63) is 34.3 Å². The van der Waals surface area contributed by atoms with Crippen molar-refractivity contribution in [1.82, 2.24) is 4.90 Å². The van der Waals surface area contributed by atoms with E-state index in [1.54, 1.807) is 0 Å². The molecule has 0 aliphatic heterocycles. The highest BCUT2D eigenvalue weighted by Gasteiger charge is 2.22. The lowest BCUT2D eigenvalue weighted by Crippen LogP contribution is -2.25. The third kappa shape index (κ3) is 3.31. The third-order valence-electron chi connectivity index (χ3n) is 2.33. The van der Waals surface area contributed by atoms with Crippen molar-refractivity contribution in [1.29, 1.82) is 5.26 Å². The summed E-state index contributed by atoms with van der Waals surface area (Å²) in [7, 11) is 3.77. The number of halogens is 1. The highest BCUT2D eigenvalue weighted by Crippen LogP contribution is 2.28. The summed E-state index contributed by atoms with van der Waals surface area (Å²) in [6.45, 7) is 0.541. The number of nitrogens with zero attached hydrogens (tertiary/aromatic N) is 2. The van der Waals surface area contributed by atoms with Crippen LogP contribution in [0.2, 0.25) is 0 Å². The predicted octanol–water partition coefficient (Wildman–Crippen LogP) is 2.18. The van der Waals surface area contributed by atoms with Crippen molar-refractivity contribution in [2.24, 2.45) is 5.92 Å². The number of nitriles is 1. The molecule has 0 bridgehead atoms. The van der Waals surface area contributed by atoms with Gasteiger partial charge >= 0.3 is 0 Å². The van der Waals surface area contributed by atoms with Crippen LogP contribution in [0.15, 0.2) is 28.7 Å². The van der Waals surface area contributed by atoms with Gasteiger partial charge in [-0.25, -0.2) is 0 Å². The third-order valence-corrected chi connectivity index (χ3v) is 3.05. The van der Waals surface area contributed by atoms with E-state index in [1.165, 1.54) is 0 Å². The number of hydrogen-bond donors (Lipinski definition) is 1. The maximum atomic E-state index is 10.1. The lowest BCUT2D eigenvalue weighted by Gasteiger charge is -2.21. The minimum Gasteiger partial charge on any atom is -0.387 e. The highest BCUT2D eigenvalue weighted by molar-refractivity contribution is 9.10. The molecule has 0 fully saturated rings. The van der Waals surface area contributed by atoms with E-state index < -0.39 is 12.0 Å². The van der Waals surface area contributed by atoms with Crippen molar-refractivity contribution in [2.45, 2.75) is 6.10 Å². The molecule has 0 saturated carbocycles. The van der Waals surface area contributed by atoms with Crippen molar-refractivity contribution < 1.29 is 5.11 Å². The molecule has 1 aromatic rings. The van der Waals surface area contributed by atoms with Crippen molar-refractivity contribution in [3.8, 4) is 6.07 Å². The summed E-state index contributed by atoms with van der Waals surface area (Å²) in [5.41, 5.74) is 0.760. The first-order chi connectivity index (χ1) is 7.56. The zero-order valence-corrected chi connectivity index (χ0v) is 11.0. The average molecular weight is 283 g/mol. The van der Waals surface area contributed by atoms with Crippen LogP contribution in [-0.4, -0.2) is 30.6 Å². The first kappa shape index (κ1) is 13.2. The summed E-state index contributed by atoms with van der Waals surface area (Å²) in [6.07, 6.45) is -0.761. The Balaban J connectivity index is 2.88. The largest absolute Gasteiger partial charge is 0.387 e. The molecule has 1 N–H and O–H groups in total. The molecule has 0 heterocycles. The van der Waals surface area contributed by atoms with Crippen LogP contribution in [0.25, 0.3) is 0 Å². The number of rotatable bonds is 4. The SMILES string of the molecule is CN(C)C[C@H](C#N)[C@@H](O)c1ccccc1Br. The summed E-state index contributed by atoms with van der Waals surface area (Å²) in [6, 6.07) is 9.58. The van der Waals surface area contributed by atoms with Crippen molar-refractivity contribution in [3.63, 3.8) is 0 Å². The van der Waals surface area contributed by atoms with Crippen LogP contribution in [0.4, 0.5) is 0 Å². The quantitative estimate of drug-likeness (QED) is 0.921. The van der Waals surface area contributed by atoms with E-state index in [1.807, 2.05) is 43.3 Å². The first-order valence-corrected chi connectivity index (χ1v) is 5.82. The second kappa shape index (κ2) is 6.00. The van der Waals surface area contributed by atoms with Crippen LogP contribution >= 0.6 is 15.9 Å². The first-order valence-electron chi connectivity index (χ1n) is 5.03. The van der Waals surface area contributed by atoms with Gasteiger partial charge in [0.1, 0.15) is 0 Å². The molecule has 0 aromatic heterocycles. The molecule has 1 aromatic carbocycles. The van der Waals surface area contributed by atoms with E-state index in [-0.39, 0.29) is 0 Å². The van der Waals surface area contributed by atoms with Crippen LogP contribution in [0, 0.1) is 17.2 Å². The molecule has 86 valence electrons. The lowest BCUT2D eigenvalue weighted by atomic mass is 9.96. The Morgan fingerprint density at radius 3 is 2.56 bits per heavy atom. The molecule has 0 spiro atoms. The normalized spacial score (nSPS) is 14.5. The standard InChI is InChI=1S/C12H15BrN2O/c1-15(2)8-9(7-14)12(16)10-5-3-4-6-11(10)13/h3-6,9,12,16H,8H2,1-2H3/t9-,12+/m0/s1. The van der Waals surface area contributed by atoms with Crippen LogP contribution in [0.1, 0.15) is 11.7 Å². The molecule has 2 atom stereocenters. The fourth-order valence-electron chi connectivity index (χ4n) is 1.54. The van der Waals surface area contributed by atoms with Crippen LogP contribution in [0.3, 0.4) is 0 Å². The zero-order chi connectivity index (χ0) is 12.1. The maximum Gasteiger partial charge on any atom is 0.0971 e. The zero-order valence-electron chi connectivity index (χ0n) is 9.39. The fourth-order valence-corrected chi connectivity index (χ4v) is 2.06. The molecule has 4 heteroatoms. The van der Waals surface area contributed by atoms with Crippen molar-refractivity contribution in [2.75, 3.05) is 20.6 Å². The summed E-state index contributed by atoms with van der Waals surface area (Å²) in [5.74, 6) is -0.423. The molecular formula is C12H15BrN2O. The molecule has 0 unspecified atom stereocenters. The molecular weight excluding hydrogens is 268 g/mol. The molecule has 0 amide bonds. The van der Waals surface area contributed by atoms with Gasteiger partial charge in [-0.2, -0.15) is 5.26 Å². The Labute approximate surface area is 104 Å². The smallest absolute Gasteiger partial charge is 0.0971 e. The van der Waals surface area contributed by atoms with E-state index in [0.717, 1.165) is 10.0 Å². The molecule has 0 radical (unpaired) electrons. The number of aliphatic hydroxyl groups excluding tert-OH is 1. The van der Waals surface area contributed by atoms with Gasteiger partial charge < -0.3 is 10.0 Å². The predicted molar refractivity (Wildman–Crippen MR) is 66.8 cm³/mol. The minimum atomic E-state index is -0.761. The monoisotopic (exact) mass is 282 g/mol. The van der Waals surface area contributed by atoms with Gasteiger partial charge in [0.25, 0.3) is 0 Å². The van der Waals surface area contributed by atoms with Crippen LogP contribution in [-0.2, 0) is 0 Å². The molecule has 0 saturated heterocycles. The molecule has 0 aliphatic rings. The highest BCUT2D eigenvalue weighted by atomic mass is 79.9. The van der Waals surface area contributed by atoms with E-state index >= 15 is 0 Å². The van der Waals surface area contributed by atoms with Gasteiger partial charge in [-0.3, -0.25) is 0 Å². The molecule has 0 aliphatic carbocycles. The van der Waals surface area contributed by atoms with Gasteiger partial charge in [0.15, 0.2) is 0 Å². The summed E-state index contributed by atoms with van der Waals surface area (Å²) in [5, 5.41) is 19.2. The lowest BCUT2D eigenvalue weighted by molar-refractivity contribution is 0.117.